The number of nitriles is 1. The molecule has 1 atom stereocenters. The Bertz CT molecular complexity index is 556. The van der Waals surface area contributed by atoms with Crippen molar-refractivity contribution in [3.8, 4) is 6.07 Å². The third-order valence-electron chi connectivity index (χ3n) is 3.11. The fourth-order valence-electron chi connectivity index (χ4n) is 1.83. The van der Waals surface area contributed by atoms with Crippen LogP contribution in [-0.2, 0) is 9.53 Å². The number of amides is 1. The van der Waals surface area contributed by atoms with E-state index in [2.05, 4.69) is 5.32 Å². The lowest BCUT2D eigenvalue weighted by molar-refractivity contribution is -0.117. The number of hydrogen-bond donors (Lipinski definition) is 1. The minimum Gasteiger partial charge on any atom is -0.383 e. The Labute approximate surface area is 120 Å². The van der Waals surface area contributed by atoms with Gasteiger partial charge in [-0.3, -0.25) is 4.79 Å². The van der Waals surface area contributed by atoms with Crippen LogP contribution in [0.15, 0.2) is 23.8 Å². The zero-order valence-electron chi connectivity index (χ0n) is 12.4. The van der Waals surface area contributed by atoms with Crippen LogP contribution in [0.5, 0.6) is 0 Å². The van der Waals surface area contributed by atoms with E-state index in [9.17, 15) is 4.79 Å². The van der Waals surface area contributed by atoms with Gasteiger partial charge < -0.3 is 10.1 Å². The summed E-state index contributed by atoms with van der Waals surface area (Å²) in [5.74, 6) is -0.377. The first-order valence-corrected chi connectivity index (χ1v) is 6.47. The van der Waals surface area contributed by atoms with Crippen molar-refractivity contribution in [3.63, 3.8) is 0 Å². The van der Waals surface area contributed by atoms with Crippen LogP contribution in [0.2, 0.25) is 0 Å². The Morgan fingerprint density at radius 1 is 1.50 bits per heavy atom. The highest BCUT2D eigenvalue weighted by atomic mass is 16.5. The van der Waals surface area contributed by atoms with Crippen LogP contribution in [0, 0.1) is 25.2 Å². The van der Waals surface area contributed by atoms with E-state index >= 15 is 0 Å². The molecule has 1 aromatic carbocycles. The van der Waals surface area contributed by atoms with Gasteiger partial charge >= 0.3 is 0 Å². The van der Waals surface area contributed by atoms with Crippen LogP contribution in [0.4, 0.5) is 0 Å². The molecule has 0 aliphatic rings. The molecular weight excluding hydrogens is 252 g/mol. The van der Waals surface area contributed by atoms with Gasteiger partial charge in [-0.2, -0.15) is 5.26 Å². The summed E-state index contributed by atoms with van der Waals surface area (Å²) in [5.41, 5.74) is 3.18. The number of nitrogens with zero attached hydrogens (tertiary/aromatic N) is 1. The Balaban J connectivity index is 2.96. The molecule has 0 heterocycles. The lowest BCUT2D eigenvalue weighted by Crippen LogP contribution is -2.36. The van der Waals surface area contributed by atoms with Crippen LogP contribution in [0.1, 0.15) is 23.6 Å². The van der Waals surface area contributed by atoms with Crippen molar-refractivity contribution >= 4 is 12.0 Å². The molecule has 0 aliphatic carbocycles. The molecule has 0 fully saturated rings. The van der Waals surface area contributed by atoms with Crippen molar-refractivity contribution in [2.75, 3.05) is 13.7 Å². The normalized spacial score (nSPS) is 12.7. The first kappa shape index (κ1) is 15.9. The minimum absolute atomic E-state index is 0.0988. The van der Waals surface area contributed by atoms with Crippen molar-refractivity contribution in [2.45, 2.75) is 26.8 Å². The molecule has 1 N–H and O–H groups in total. The zero-order chi connectivity index (χ0) is 15.1. The zero-order valence-corrected chi connectivity index (χ0v) is 12.4. The highest BCUT2D eigenvalue weighted by Gasteiger charge is 2.12. The Kier molecular flexibility index (Phi) is 5.95. The first-order valence-electron chi connectivity index (χ1n) is 6.47. The number of methoxy groups -OCH3 is 1. The molecular formula is C16H20N2O2. The Hall–Kier alpha value is -2.12. The predicted molar refractivity (Wildman–Crippen MR) is 79.0 cm³/mol. The molecule has 4 heteroatoms. The van der Waals surface area contributed by atoms with E-state index < -0.39 is 0 Å². The van der Waals surface area contributed by atoms with Gasteiger partial charge in [0, 0.05) is 13.2 Å². The van der Waals surface area contributed by atoms with Crippen molar-refractivity contribution in [1.29, 1.82) is 5.26 Å². The SMILES string of the molecule is COC[C@H](C)NC(=O)/C(C#N)=C\c1cccc(C)c1C. The van der Waals surface area contributed by atoms with E-state index in [-0.39, 0.29) is 17.5 Å². The van der Waals surface area contributed by atoms with Crippen molar-refractivity contribution in [1.82, 2.24) is 5.32 Å². The third kappa shape index (κ3) is 4.22. The average molecular weight is 272 g/mol. The summed E-state index contributed by atoms with van der Waals surface area (Å²) >= 11 is 0. The number of ether oxygens (including phenoxy) is 1. The topological polar surface area (TPSA) is 62.1 Å². The van der Waals surface area contributed by atoms with E-state index in [0.717, 1.165) is 16.7 Å². The standard InChI is InChI=1S/C16H20N2O2/c1-11-6-5-7-14(13(11)3)8-15(9-17)16(19)18-12(2)10-20-4/h5-8,12H,10H2,1-4H3,(H,18,19)/b15-8-/t12-/m0/s1. The van der Waals surface area contributed by atoms with Gasteiger partial charge in [0.05, 0.1) is 6.61 Å². The number of carbonyl (C=O) groups excluding carboxylic acids is 1. The van der Waals surface area contributed by atoms with E-state index in [0.29, 0.717) is 6.61 Å². The van der Waals surface area contributed by atoms with Gasteiger partial charge in [0.2, 0.25) is 0 Å². The highest BCUT2D eigenvalue weighted by molar-refractivity contribution is 6.02. The molecule has 1 rings (SSSR count). The van der Waals surface area contributed by atoms with Crippen LogP contribution < -0.4 is 5.32 Å². The van der Waals surface area contributed by atoms with Gasteiger partial charge in [-0.15, -0.1) is 0 Å². The van der Waals surface area contributed by atoms with Gasteiger partial charge in [-0.1, -0.05) is 18.2 Å². The number of benzene rings is 1. The first-order chi connectivity index (χ1) is 9.49. The molecule has 0 saturated carbocycles. The predicted octanol–water partition coefficient (Wildman–Crippen LogP) is 2.36. The molecule has 106 valence electrons. The molecule has 0 bridgehead atoms. The van der Waals surface area contributed by atoms with Crippen LogP contribution >= 0.6 is 0 Å². The van der Waals surface area contributed by atoms with Crippen LogP contribution in [-0.4, -0.2) is 25.7 Å². The second kappa shape index (κ2) is 7.46. The van der Waals surface area contributed by atoms with Gasteiger partial charge in [0.1, 0.15) is 11.6 Å². The highest BCUT2D eigenvalue weighted by Crippen LogP contribution is 2.16. The summed E-state index contributed by atoms with van der Waals surface area (Å²) in [4.78, 5) is 12.0. The fraction of sp³-hybridized carbons (Fsp3) is 0.375. The Morgan fingerprint density at radius 3 is 2.80 bits per heavy atom. The number of nitrogens with one attached hydrogen (secondary N) is 1. The van der Waals surface area contributed by atoms with Crippen molar-refractivity contribution in [2.24, 2.45) is 0 Å². The Morgan fingerprint density at radius 2 is 2.20 bits per heavy atom. The molecule has 0 unspecified atom stereocenters. The molecule has 0 aliphatic heterocycles. The van der Waals surface area contributed by atoms with Crippen LogP contribution in [0.25, 0.3) is 6.08 Å². The molecule has 0 aromatic heterocycles. The van der Waals surface area contributed by atoms with E-state index in [4.69, 9.17) is 10.00 Å². The maximum atomic E-state index is 12.0. The van der Waals surface area contributed by atoms with Crippen LogP contribution in [0.3, 0.4) is 0 Å². The van der Waals surface area contributed by atoms with E-state index in [1.54, 1.807) is 13.2 Å². The molecule has 1 aromatic rings. The molecule has 0 spiro atoms. The summed E-state index contributed by atoms with van der Waals surface area (Å²) in [7, 11) is 1.57. The second-order valence-corrected chi connectivity index (χ2v) is 4.79. The average Bonchev–Trinajstić information content (AvgIpc) is 2.40. The molecule has 20 heavy (non-hydrogen) atoms. The van der Waals surface area contributed by atoms with E-state index in [1.165, 1.54) is 0 Å². The fourth-order valence-corrected chi connectivity index (χ4v) is 1.83. The summed E-state index contributed by atoms with van der Waals surface area (Å²) < 4.78 is 4.95. The molecule has 4 nitrogen and oxygen atoms in total. The minimum atomic E-state index is -0.377. The van der Waals surface area contributed by atoms with Crippen molar-refractivity contribution < 1.29 is 9.53 Å². The molecule has 0 radical (unpaired) electrons. The van der Waals surface area contributed by atoms with Crippen molar-refractivity contribution in [3.05, 3.63) is 40.5 Å². The monoisotopic (exact) mass is 272 g/mol. The third-order valence-corrected chi connectivity index (χ3v) is 3.11. The molecule has 0 saturated heterocycles. The van der Waals surface area contributed by atoms with Gasteiger partial charge in [-0.05, 0) is 43.5 Å². The van der Waals surface area contributed by atoms with Gasteiger partial charge in [0.15, 0.2) is 0 Å². The number of carbonyl (C=O) groups is 1. The van der Waals surface area contributed by atoms with Gasteiger partial charge in [0.25, 0.3) is 5.91 Å². The number of aryl methyl sites for hydroxylation is 1. The summed E-state index contributed by atoms with van der Waals surface area (Å²) in [6.45, 7) is 6.21. The van der Waals surface area contributed by atoms with Gasteiger partial charge in [-0.25, -0.2) is 0 Å². The summed E-state index contributed by atoms with van der Waals surface area (Å²) in [6, 6.07) is 7.62. The largest absolute Gasteiger partial charge is 0.383 e. The smallest absolute Gasteiger partial charge is 0.262 e. The lowest BCUT2D eigenvalue weighted by atomic mass is 10.0. The number of rotatable bonds is 5. The quantitative estimate of drug-likeness (QED) is 0.661. The maximum Gasteiger partial charge on any atom is 0.262 e. The summed E-state index contributed by atoms with van der Waals surface area (Å²) in [5, 5.41) is 11.9. The second-order valence-electron chi connectivity index (χ2n) is 4.79. The number of hydrogen-bond acceptors (Lipinski definition) is 3. The molecule has 1 amide bonds. The lowest BCUT2D eigenvalue weighted by Gasteiger charge is -2.12. The maximum absolute atomic E-state index is 12.0. The van der Waals surface area contributed by atoms with E-state index in [1.807, 2.05) is 45.0 Å². The summed E-state index contributed by atoms with van der Waals surface area (Å²) in [6.07, 6.45) is 1.62.